The summed E-state index contributed by atoms with van der Waals surface area (Å²) in [4.78, 5) is 18.8. The number of fused-ring (bicyclic) bond motifs is 2. The van der Waals surface area contributed by atoms with Gasteiger partial charge in [-0.15, -0.1) is 0 Å². The third kappa shape index (κ3) is 3.62. The van der Waals surface area contributed by atoms with Gasteiger partial charge in [0.1, 0.15) is 5.69 Å². The molecule has 5 nitrogen and oxygen atoms in total. The number of benzene rings is 2. The molecule has 2 aliphatic carbocycles. The molecule has 0 bridgehead atoms. The lowest BCUT2D eigenvalue weighted by molar-refractivity contribution is 0.0608. The molecule has 5 rings (SSSR count). The highest BCUT2D eigenvalue weighted by molar-refractivity contribution is 5.98. The molecule has 3 atom stereocenters. The highest BCUT2D eigenvalue weighted by atomic mass is 16.2. The zero-order valence-corrected chi connectivity index (χ0v) is 17.9. The topological polar surface area (TPSA) is 71.9 Å². The number of aromatic nitrogens is 1. The number of hydrogen-bond acceptors (Lipinski definition) is 3. The SMILES string of the molecule is CCN(C(=O)c1cc2cc(C#N)ccc2[nH]1)[C@H]1CCC[C@]2(NCc3ccccc3)C[C@H]12. The van der Waals surface area contributed by atoms with E-state index in [2.05, 4.69) is 52.5 Å². The molecule has 3 aromatic rings. The van der Waals surface area contributed by atoms with Crippen LogP contribution in [0.5, 0.6) is 0 Å². The molecule has 31 heavy (non-hydrogen) atoms. The summed E-state index contributed by atoms with van der Waals surface area (Å²) in [5, 5.41) is 13.9. The van der Waals surface area contributed by atoms with Crippen LogP contribution in [0.15, 0.2) is 54.6 Å². The predicted octanol–water partition coefficient (Wildman–Crippen LogP) is 4.60. The van der Waals surface area contributed by atoms with Crippen molar-refractivity contribution in [3.8, 4) is 6.07 Å². The number of nitrogens with one attached hydrogen (secondary N) is 2. The minimum Gasteiger partial charge on any atom is -0.351 e. The molecule has 2 N–H and O–H groups in total. The first-order valence-electron chi connectivity index (χ1n) is 11.3. The van der Waals surface area contributed by atoms with Crippen molar-refractivity contribution in [2.75, 3.05) is 6.54 Å². The fourth-order valence-electron chi connectivity index (χ4n) is 5.49. The molecule has 0 spiro atoms. The summed E-state index contributed by atoms with van der Waals surface area (Å²) < 4.78 is 0. The van der Waals surface area contributed by atoms with E-state index in [1.807, 2.05) is 24.3 Å². The Morgan fingerprint density at radius 3 is 2.87 bits per heavy atom. The Kier molecular flexibility index (Phi) is 5.03. The summed E-state index contributed by atoms with van der Waals surface area (Å²) >= 11 is 0. The monoisotopic (exact) mass is 412 g/mol. The Bertz CT molecular complexity index is 1150. The highest BCUT2D eigenvalue weighted by Gasteiger charge is 2.60. The predicted molar refractivity (Wildman–Crippen MR) is 121 cm³/mol. The zero-order chi connectivity index (χ0) is 21.4. The van der Waals surface area contributed by atoms with E-state index in [0.29, 0.717) is 23.7 Å². The van der Waals surface area contributed by atoms with E-state index < -0.39 is 0 Å². The summed E-state index contributed by atoms with van der Waals surface area (Å²) in [5.74, 6) is 0.580. The largest absolute Gasteiger partial charge is 0.351 e. The second-order valence-corrected chi connectivity index (χ2v) is 8.95. The Morgan fingerprint density at radius 2 is 2.10 bits per heavy atom. The molecule has 1 heterocycles. The van der Waals surface area contributed by atoms with Crippen LogP contribution in [0.4, 0.5) is 0 Å². The van der Waals surface area contributed by atoms with Gasteiger partial charge in [0.05, 0.1) is 11.6 Å². The lowest BCUT2D eigenvalue weighted by Gasteiger charge is -2.37. The van der Waals surface area contributed by atoms with Crippen LogP contribution in [0, 0.1) is 17.2 Å². The van der Waals surface area contributed by atoms with Crippen molar-refractivity contribution in [1.29, 1.82) is 5.26 Å². The van der Waals surface area contributed by atoms with E-state index in [1.165, 1.54) is 12.0 Å². The van der Waals surface area contributed by atoms with Gasteiger partial charge in [-0.2, -0.15) is 5.26 Å². The minimum absolute atomic E-state index is 0.0629. The van der Waals surface area contributed by atoms with Crippen molar-refractivity contribution in [2.45, 2.75) is 50.7 Å². The molecule has 1 amide bonds. The third-order valence-corrected chi connectivity index (χ3v) is 7.19. The minimum atomic E-state index is 0.0629. The first-order valence-corrected chi connectivity index (χ1v) is 11.3. The summed E-state index contributed by atoms with van der Waals surface area (Å²) in [6.45, 7) is 3.66. The van der Waals surface area contributed by atoms with E-state index in [-0.39, 0.29) is 17.5 Å². The Morgan fingerprint density at radius 1 is 1.26 bits per heavy atom. The smallest absolute Gasteiger partial charge is 0.270 e. The van der Waals surface area contributed by atoms with Gasteiger partial charge in [-0.3, -0.25) is 4.79 Å². The van der Waals surface area contributed by atoms with E-state index in [4.69, 9.17) is 5.26 Å². The number of H-pyrrole nitrogens is 1. The molecule has 0 saturated heterocycles. The van der Waals surface area contributed by atoms with E-state index >= 15 is 0 Å². The number of rotatable bonds is 6. The summed E-state index contributed by atoms with van der Waals surface area (Å²) in [6, 6.07) is 20.4. The lowest BCUT2D eigenvalue weighted by atomic mass is 9.89. The molecule has 158 valence electrons. The molecular formula is C26H28N4O. The van der Waals surface area contributed by atoms with Gasteiger partial charge in [0.2, 0.25) is 0 Å². The molecule has 1 aromatic heterocycles. The molecule has 5 heteroatoms. The van der Waals surface area contributed by atoms with Crippen LogP contribution in [-0.4, -0.2) is 33.9 Å². The lowest BCUT2D eigenvalue weighted by Crippen LogP contribution is -2.48. The molecule has 0 radical (unpaired) electrons. The van der Waals surface area contributed by atoms with Crippen LogP contribution in [-0.2, 0) is 6.54 Å². The zero-order valence-electron chi connectivity index (χ0n) is 17.9. The van der Waals surface area contributed by atoms with E-state index in [9.17, 15) is 4.79 Å². The van der Waals surface area contributed by atoms with Crippen LogP contribution in [0.2, 0.25) is 0 Å². The number of nitrogens with zero attached hydrogens (tertiary/aromatic N) is 2. The Balaban J connectivity index is 1.32. The first kappa shape index (κ1) is 19.8. The van der Waals surface area contributed by atoms with Crippen molar-refractivity contribution in [3.05, 3.63) is 71.4 Å². The van der Waals surface area contributed by atoms with Crippen LogP contribution < -0.4 is 5.32 Å². The van der Waals surface area contributed by atoms with Crippen LogP contribution in [0.1, 0.15) is 54.2 Å². The summed E-state index contributed by atoms with van der Waals surface area (Å²) in [7, 11) is 0. The average molecular weight is 413 g/mol. The van der Waals surface area contributed by atoms with Gasteiger partial charge >= 0.3 is 0 Å². The maximum Gasteiger partial charge on any atom is 0.270 e. The van der Waals surface area contributed by atoms with Gasteiger partial charge in [0.15, 0.2) is 0 Å². The second-order valence-electron chi connectivity index (χ2n) is 8.95. The van der Waals surface area contributed by atoms with Gasteiger partial charge in [0.25, 0.3) is 5.91 Å². The van der Waals surface area contributed by atoms with Gasteiger partial charge in [-0.05, 0) is 68.4 Å². The average Bonchev–Trinajstić information content (AvgIpc) is 3.40. The van der Waals surface area contributed by atoms with Crippen molar-refractivity contribution < 1.29 is 4.79 Å². The number of aromatic amines is 1. The molecule has 2 saturated carbocycles. The van der Waals surface area contributed by atoms with Crippen LogP contribution >= 0.6 is 0 Å². The summed E-state index contributed by atoms with van der Waals surface area (Å²) in [6.07, 6.45) is 4.55. The number of nitriles is 1. The fraction of sp³-hybridized carbons (Fsp3) is 0.385. The van der Waals surface area contributed by atoms with Crippen molar-refractivity contribution in [2.24, 2.45) is 5.92 Å². The number of amides is 1. The third-order valence-electron chi connectivity index (χ3n) is 7.19. The molecule has 2 fully saturated rings. The van der Waals surface area contributed by atoms with Crippen LogP contribution in [0.3, 0.4) is 0 Å². The van der Waals surface area contributed by atoms with Crippen molar-refractivity contribution in [3.63, 3.8) is 0 Å². The number of carbonyl (C=O) groups excluding carboxylic acids is 1. The number of carbonyl (C=O) groups is 1. The molecule has 0 unspecified atom stereocenters. The highest BCUT2D eigenvalue weighted by Crippen LogP contribution is 2.55. The Hall–Kier alpha value is -3.10. The molecule has 0 aliphatic heterocycles. The summed E-state index contributed by atoms with van der Waals surface area (Å²) in [5.41, 5.74) is 3.60. The van der Waals surface area contributed by atoms with E-state index in [0.717, 1.165) is 36.7 Å². The maximum absolute atomic E-state index is 13.5. The van der Waals surface area contributed by atoms with Crippen molar-refractivity contribution in [1.82, 2.24) is 15.2 Å². The second kappa shape index (κ2) is 7.86. The number of hydrogen-bond donors (Lipinski definition) is 2. The molecular weight excluding hydrogens is 384 g/mol. The molecule has 2 aliphatic rings. The quantitative estimate of drug-likeness (QED) is 0.621. The van der Waals surface area contributed by atoms with Gasteiger partial charge < -0.3 is 15.2 Å². The van der Waals surface area contributed by atoms with Gasteiger partial charge in [0, 0.05) is 35.6 Å². The molecule has 2 aromatic carbocycles. The van der Waals surface area contributed by atoms with Crippen LogP contribution in [0.25, 0.3) is 10.9 Å². The van der Waals surface area contributed by atoms with Crippen molar-refractivity contribution >= 4 is 16.8 Å². The van der Waals surface area contributed by atoms with E-state index in [1.54, 1.807) is 6.07 Å². The van der Waals surface area contributed by atoms with Gasteiger partial charge in [-0.25, -0.2) is 0 Å². The normalized spacial score (nSPS) is 24.4. The fourth-order valence-corrected chi connectivity index (χ4v) is 5.49. The maximum atomic E-state index is 13.5. The first-order chi connectivity index (χ1) is 15.1. The Labute approximate surface area is 183 Å². The van der Waals surface area contributed by atoms with Gasteiger partial charge in [-0.1, -0.05) is 30.3 Å². The standard InChI is InChI=1S/C26H28N4O/c1-2-30(25(31)23-14-20-13-19(16-27)10-11-22(20)29-23)24-9-6-12-26(15-21(24)26)28-17-18-7-4-3-5-8-18/h3-5,7-8,10-11,13-14,21,24,28-29H,2,6,9,12,15,17H2,1H3/t21-,24+,26+/m1/s1.